The summed E-state index contributed by atoms with van der Waals surface area (Å²) in [5.74, 6) is 0.301. The maximum atomic E-state index is 14.3. The lowest BCUT2D eigenvalue weighted by Gasteiger charge is -2.57. The molecule has 2 fully saturated rings. The second kappa shape index (κ2) is 11.0. The van der Waals surface area contributed by atoms with Gasteiger partial charge in [0.2, 0.25) is 5.91 Å². The van der Waals surface area contributed by atoms with Crippen LogP contribution < -0.4 is 5.73 Å². The van der Waals surface area contributed by atoms with Crippen molar-refractivity contribution in [3.63, 3.8) is 0 Å². The van der Waals surface area contributed by atoms with Gasteiger partial charge in [0.25, 0.3) is 0 Å². The van der Waals surface area contributed by atoms with E-state index in [0.717, 1.165) is 49.0 Å². The number of hydrogen-bond acceptors (Lipinski definition) is 2. The molecule has 3 aromatic rings. The molecule has 1 aliphatic carbocycles. The SMILES string of the molecule is NC(=O)C(CC1CCCCC1)(N1CCCCC1)C(c1ccccc1)(c1ccccc1)c1ccccc1. The Balaban J connectivity index is 1.88. The van der Waals surface area contributed by atoms with Crippen molar-refractivity contribution >= 4 is 5.91 Å². The number of nitrogens with zero attached hydrogens (tertiary/aromatic N) is 1. The van der Waals surface area contributed by atoms with Crippen molar-refractivity contribution in [1.82, 2.24) is 4.90 Å². The van der Waals surface area contributed by atoms with Gasteiger partial charge in [-0.1, -0.05) is 130 Å². The van der Waals surface area contributed by atoms with Gasteiger partial charge in [0.1, 0.15) is 5.54 Å². The summed E-state index contributed by atoms with van der Waals surface area (Å²) < 4.78 is 0. The molecule has 1 unspecified atom stereocenters. The topological polar surface area (TPSA) is 46.3 Å². The van der Waals surface area contributed by atoms with E-state index in [9.17, 15) is 4.79 Å². The lowest BCUT2D eigenvalue weighted by atomic mass is 9.53. The van der Waals surface area contributed by atoms with Crippen molar-refractivity contribution in [1.29, 1.82) is 0 Å². The van der Waals surface area contributed by atoms with Crippen LogP contribution in [-0.4, -0.2) is 29.4 Å². The average Bonchev–Trinajstić information content (AvgIpc) is 2.95. The number of primary amides is 1. The van der Waals surface area contributed by atoms with Gasteiger partial charge in [-0.05, 0) is 55.0 Å². The number of amides is 1. The molecule has 2 N–H and O–H groups in total. The summed E-state index contributed by atoms with van der Waals surface area (Å²) in [6, 6.07) is 32.1. The van der Waals surface area contributed by atoms with Gasteiger partial charge in [0, 0.05) is 0 Å². The number of piperidine rings is 1. The normalized spacial score (nSPS) is 19.4. The Hall–Kier alpha value is -2.91. The summed E-state index contributed by atoms with van der Waals surface area (Å²) in [5.41, 5.74) is 8.56. The zero-order chi connectivity index (χ0) is 24.8. The first-order valence-corrected chi connectivity index (χ1v) is 13.9. The predicted molar refractivity (Wildman–Crippen MR) is 148 cm³/mol. The van der Waals surface area contributed by atoms with Gasteiger partial charge >= 0.3 is 0 Å². The van der Waals surface area contributed by atoms with Gasteiger partial charge in [-0.2, -0.15) is 0 Å². The van der Waals surface area contributed by atoms with Crippen LogP contribution in [0.2, 0.25) is 0 Å². The first kappa shape index (κ1) is 24.8. The first-order chi connectivity index (χ1) is 17.7. The van der Waals surface area contributed by atoms with E-state index in [1.807, 2.05) is 0 Å². The molecule has 2 aliphatic rings. The Labute approximate surface area is 216 Å². The van der Waals surface area contributed by atoms with Crippen LogP contribution >= 0.6 is 0 Å². The second-order valence-corrected chi connectivity index (χ2v) is 10.8. The third-order valence-corrected chi connectivity index (χ3v) is 8.85. The van der Waals surface area contributed by atoms with Crippen molar-refractivity contribution in [3.05, 3.63) is 108 Å². The largest absolute Gasteiger partial charge is 0.368 e. The standard InChI is InChI=1S/C33H40N2O/c34-31(36)32(35-24-14-5-15-25-35,26-27-16-6-1-7-17-27)33(28-18-8-2-9-19-28,29-20-10-3-11-21-29)30-22-12-4-13-23-30/h2-4,8-13,18-23,27H,1,5-7,14-17,24-26H2,(H2,34,36). The van der Waals surface area contributed by atoms with E-state index < -0.39 is 11.0 Å². The van der Waals surface area contributed by atoms with Gasteiger partial charge in [0.05, 0.1) is 5.41 Å². The molecule has 1 atom stereocenters. The number of carbonyl (C=O) groups excluding carboxylic acids is 1. The van der Waals surface area contributed by atoms with Gasteiger partial charge in [-0.3, -0.25) is 9.69 Å². The molecule has 1 saturated carbocycles. The van der Waals surface area contributed by atoms with Crippen molar-refractivity contribution in [2.75, 3.05) is 13.1 Å². The van der Waals surface area contributed by atoms with Gasteiger partial charge in [-0.15, -0.1) is 0 Å². The Bertz CT molecular complexity index is 1010. The number of nitrogens with two attached hydrogens (primary N) is 1. The minimum absolute atomic E-state index is 0.188. The fraction of sp³-hybridized carbons (Fsp3) is 0.424. The van der Waals surface area contributed by atoms with Crippen molar-refractivity contribution in [2.24, 2.45) is 11.7 Å². The predicted octanol–water partition coefficient (Wildman–Crippen LogP) is 6.70. The van der Waals surface area contributed by atoms with Crippen LogP contribution in [0.5, 0.6) is 0 Å². The summed E-state index contributed by atoms with van der Waals surface area (Å²) in [7, 11) is 0. The van der Waals surface area contributed by atoms with E-state index in [4.69, 9.17) is 5.73 Å². The van der Waals surface area contributed by atoms with Gasteiger partial charge in [0.15, 0.2) is 0 Å². The van der Waals surface area contributed by atoms with E-state index in [1.165, 1.54) is 38.5 Å². The van der Waals surface area contributed by atoms with E-state index in [0.29, 0.717) is 5.92 Å². The second-order valence-electron chi connectivity index (χ2n) is 10.8. The molecule has 0 spiro atoms. The molecule has 3 aromatic carbocycles. The number of likely N-dealkylation sites (tertiary alicyclic amines) is 1. The van der Waals surface area contributed by atoms with Crippen LogP contribution in [0.4, 0.5) is 0 Å². The highest BCUT2D eigenvalue weighted by atomic mass is 16.1. The molecule has 1 saturated heterocycles. The van der Waals surface area contributed by atoms with Crippen molar-refractivity contribution in [2.45, 2.75) is 68.7 Å². The minimum Gasteiger partial charge on any atom is -0.368 e. The zero-order valence-electron chi connectivity index (χ0n) is 21.4. The molecule has 36 heavy (non-hydrogen) atoms. The summed E-state index contributed by atoms with van der Waals surface area (Å²) >= 11 is 0. The van der Waals surface area contributed by atoms with Crippen molar-refractivity contribution < 1.29 is 4.79 Å². The summed E-state index contributed by atoms with van der Waals surface area (Å²) in [6.45, 7) is 1.81. The zero-order valence-corrected chi connectivity index (χ0v) is 21.4. The molecule has 3 nitrogen and oxygen atoms in total. The molecule has 1 amide bonds. The number of hydrogen-bond donors (Lipinski definition) is 1. The van der Waals surface area contributed by atoms with E-state index in [-0.39, 0.29) is 5.91 Å². The van der Waals surface area contributed by atoms with Crippen molar-refractivity contribution in [3.8, 4) is 0 Å². The lowest BCUT2D eigenvalue weighted by Crippen LogP contribution is -2.71. The maximum Gasteiger partial charge on any atom is 0.239 e. The van der Waals surface area contributed by atoms with Crippen LogP contribution in [-0.2, 0) is 10.2 Å². The quantitative estimate of drug-likeness (QED) is 0.365. The Kier molecular flexibility index (Phi) is 7.57. The molecule has 0 aromatic heterocycles. The van der Waals surface area contributed by atoms with Crippen LogP contribution in [0.25, 0.3) is 0 Å². The van der Waals surface area contributed by atoms with Crippen LogP contribution in [0.3, 0.4) is 0 Å². The minimum atomic E-state index is -0.876. The van der Waals surface area contributed by atoms with Crippen LogP contribution in [0.15, 0.2) is 91.0 Å². The smallest absolute Gasteiger partial charge is 0.239 e. The molecular formula is C33H40N2O. The summed E-state index contributed by atoms with van der Waals surface area (Å²) in [6.07, 6.45) is 10.4. The maximum absolute atomic E-state index is 14.3. The number of benzene rings is 3. The molecule has 0 bridgehead atoms. The Morgan fingerprint density at radius 1 is 0.667 bits per heavy atom. The first-order valence-electron chi connectivity index (χ1n) is 13.9. The summed E-state index contributed by atoms with van der Waals surface area (Å²) in [5, 5.41) is 0. The monoisotopic (exact) mass is 480 g/mol. The fourth-order valence-electron chi connectivity index (χ4n) is 7.33. The molecule has 188 valence electrons. The van der Waals surface area contributed by atoms with Gasteiger partial charge in [-0.25, -0.2) is 0 Å². The third-order valence-electron chi connectivity index (χ3n) is 8.85. The highest BCUT2D eigenvalue weighted by Crippen LogP contribution is 2.54. The van der Waals surface area contributed by atoms with E-state index in [1.54, 1.807) is 0 Å². The number of rotatable bonds is 8. The average molecular weight is 481 g/mol. The van der Waals surface area contributed by atoms with E-state index in [2.05, 4.69) is 95.9 Å². The molecule has 5 rings (SSSR count). The highest BCUT2D eigenvalue weighted by Gasteiger charge is 2.62. The number of carbonyl (C=O) groups is 1. The summed E-state index contributed by atoms with van der Waals surface area (Å²) in [4.78, 5) is 16.8. The molecule has 1 heterocycles. The fourth-order valence-corrected chi connectivity index (χ4v) is 7.33. The molecule has 1 aliphatic heterocycles. The Morgan fingerprint density at radius 3 is 1.50 bits per heavy atom. The molecule has 0 radical (unpaired) electrons. The van der Waals surface area contributed by atoms with Crippen LogP contribution in [0, 0.1) is 5.92 Å². The third kappa shape index (κ3) is 4.28. The lowest BCUT2D eigenvalue weighted by molar-refractivity contribution is -0.137. The van der Waals surface area contributed by atoms with Gasteiger partial charge < -0.3 is 5.73 Å². The Morgan fingerprint density at radius 2 is 1.08 bits per heavy atom. The highest BCUT2D eigenvalue weighted by molar-refractivity contribution is 5.90. The van der Waals surface area contributed by atoms with E-state index >= 15 is 0 Å². The molecular weight excluding hydrogens is 440 g/mol. The molecule has 3 heteroatoms. The van der Waals surface area contributed by atoms with Crippen LogP contribution in [0.1, 0.15) is 74.5 Å².